The molecule has 0 N–H and O–H groups in total. The molecule has 2 rings (SSSR count). The smallest absolute Gasteiger partial charge is 0.0454 e. The maximum atomic E-state index is 5.46. The lowest BCUT2D eigenvalue weighted by molar-refractivity contribution is 1.65. The van der Waals surface area contributed by atoms with Crippen LogP contribution in [0.4, 0.5) is 0 Å². The Morgan fingerprint density at radius 3 is 2.62 bits per heavy atom. The fourth-order valence-corrected chi connectivity index (χ4v) is 2.02. The molecule has 0 aliphatic rings. The van der Waals surface area contributed by atoms with E-state index in [1.54, 1.807) is 0 Å². The number of halogens is 1. The van der Waals surface area contributed by atoms with E-state index in [2.05, 4.69) is 52.8 Å². The minimum atomic E-state index is 0.999. The second-order valence-electron chi connectivity index (χ2n) is 2.79. The molecule has 0 amide bonds. The summed E-state index contributed by atoms with van der Waals surface area (Å²) in [6.45, 7) is 0. The van der Waals surface area contributed by atoms with Gasteiger partial charge in [0.15, 0.2) is 0 Å². The first-order valence-electron chi connectivity index (χ1n) is 3.97. The van der Waals surface area contributed by atoms with Crippen molar-refractivity contribution >= 4 is 33.4 Å². The third kappa shape index (κ3) is 1.42. The molecule has 62 valence electrons. The number of rotatable bonds is 0. The van der Waals surface area contributed by atoms with E-state index in [1.807, 2.05) is 12.1 Å². The molecule has 2 aromatic carbocycles. The van der Waals surface area contributed by atoms with Crippen LogP contribution in [0.1, 0.15) is 5.56 Å². The molecule has 0 bridgehead atoms. The first kappa shape index (κ1) is 8.58. The summed E-state index contributed by atoms with van der Waals surface area (Å²) < 4.78 is 1.14. The SMILES string of the molecule is C#Cc1c(I)ccc2ccccc12. The third-order valence-corrected chi connectivity index (χ3v) is 2.92. The summed E-state index contributed by atoms with van der Waals surface area (Å²) in [6.07, 6.45) is 5.46. The molecule has 0 saturated carbocycles. The van der Waals surface area contributed by atoms with Crippen LogP contribution in [-0.2, 0) is 0 Å². The average Bonchev–Trinajstić information content (AvgIpc) is 2.18. The van der Waals surface area contributed by atoms with E-state index in [1.165, 1.54) is 5.39 Å². The second-order valence-corrected chi connectivity index (χ2v) is 3.95. The normalized spacial score (nSPS) is 9.85. The Bertz CT molecular complexity index is 492. The van der Waals surface area contributed by atoms with Crippen LogP contribution in [0.2, 0.25) is 0 Å². The van der Waals surface area contributed by atoms with E-state index in [4.69, 9.17) is 6.42 Å². The minimum absolute atomic E-state index is 0.999. The molecule has 0 aromatic heterocycles. The van der Waals surface area contributed by atoms with E-state index >= 15 is 0 Å². The molecule has 0 nitrogen and oxygen atoms in total. The number of hydrogen-bond acceptors (Lipinski definition) is 0. The van der Waals surface area contributed by atoms with E-state index in [9.17, 15) is 0 Å². The Kier molecular flexibility index (Phi) is 2.24. The molecule has 0 spiro atoms. The van der Waals surface area contributed by atoms with Crippen molar-refractivity contribution in [2.24, 2.45) is 0 Å². The third-order valence-electron chi connectivity index (χ3n) is 2.02. The van der Waals surface area contributed by atoms with E-state index in [-0.39, 0.29) is 0 Å². The van der Waals surface area contributed by atoms with Gasteiger partial charge in [-0.3, -0.25) is 0 Å². The van der Waals surface area contributed by atoms with Crippen molar-refractivity contribution in [3.63, 3.8) is 0 Å². The van der Waals surface area contributed by atoms with Crippen molar-refractivity contribution in [3.05, 3.63) is 45.5 Å². The van der Waals surface area contributed by atoms with Crippen LogP contribution in [0.5, 0.6) is 0 Å². The van der Waals surface area contributed by atoms with Crippen LogP contribution in [0, 0.1) is 15.9 Å². The summed E-state index contributed by atoms with van der Waals surface area (Å²) in [5, 5.41) is 2.37. The molecule has 0 radical (unpaired) electrons. The van der Waals surface area contributed by atoms with Gasteiger partial charge in [-0.1, -0.05) is 36.3 Å². The van der Waals surface area contributed by atoms with Gasteiger partial charge in [0.1, 0.15) is 0 Å². The highest BCUT2D eigenvalue weighted by atomic mass is 127. The molecule has 0 heterocycles. The van der Waals surface area contributed by atoms with Crippen molar-refractivity contribution in [2.75, 3.05) is 0 Å². The number of fused-ring (bicyclic) bond motifs is 1. The molecule has 0 unspecified atom stereocenters. The summed E-state index contributed by atoms with van der Waals surface area (Å²) in [6, 6.07) is 12.3. The van der Waals surface area contributed by atoms with Crippen molar-refractivity contribution in [1.29, 1.82) is 0 Å². The summed E-state index contributed by atoms with van der Waals surface area (Å²) in [7, 11) is 0. The van der Waals surface area contributed by atoms with Crippen LogP contribution < -0.4 is 0 Å². The van der Waals surface area contributed by atoms with Crippen LogP contribution in [0.25, 0.3) is 10.8 Å². The molecule has 0 atom stereocenters. The molecule has 0 aliphatic heterocycles. The summed E-state index contributed by atoms with van der Waals surface area (Å²) in [5.41, 5.74) is 0.999. The van der Waals surface area contributed by atoms with Gasteiger partial charge < -0.3 is 0 Å². The monoisotopic (exact) mass is 278 g/mol. The van der Waals surface area contributed by atoms with E-state index in [0.29, 0.717) is 0 Å². The zero-order valence-electron chi connectivity index (χ0n) is 6.92. The van der Waals surface area contributed by atoms with Gasteiger partial charge in [-0.2, -0.15) is 0 Å². The zero-order valence-corrected chi connectivity index (χ0v) is 9.08. The molecule has 13 heavy (non-hydrogen) atoms. The van der Waals surface area contributed by atoms with Crippen LogP contribution >= 0.6 is 22.6 Å². The summed E-state index contributed by atoms with van der Waals surface area (Å²) in [5.74, 6) is 2.73. The number of terminal acetylenes is 1. The highest BCUT2D eigenvalue weighted by Gasteiger charge is 2.01. The molecule has 0 fully saturated rings. The average molecular weight is 278 g/mol. The van der Waals surface area contributed by atoms with E-state index in [0.717, 1.165) is 14.5 Å². The first-order chi connectivity index (χ1) is 6.33. The predicted molar refractivity (Wildman–Crippen MR) is 64.6 cm³/mol. The Morgan fingerprint density at radius 2 is 1.85 bits per heavy atom. The lowest BCUT2D eigenvalue weighted by Crippen LogP contribution is -1.83. The van der Waals surface area contributed by atoms with Gasteiger partial charge in [-0.05, 0) is 39.4 Å². The van der Waals surface area contributed by atoms with Gasteiger partial charge in [-0.25, -0.2) is 0 Å². The lowest BCUT2D eigenvalue weighted by Gasteiger charge is -2.02. The second kappa shape index (κ2) is 3.39. The summed E-state index contributed by atoms with van der Waals surface area (Å²) in [4.78, 5) is 0. The van der Waals surface area contributed by atoms with Gasteiger partial charge in [0, 0.05) is 9.13 Å². The van der Waals surface area contributed by atoms with Crippen LogP contribution in [0.3, 0.4) is 0 Å². The van der Waals surface area contributed by atoms with Crippen molar-refractivity contribution < 1.29 is 0 Å². The molecular formula is C12H7I. The first-order valence-corrected chi connectivity index (χ1v) is 5.04. The van der Waals surface area contributed by atoms with Crippen molar-refractivity contribution in [1.82, 2.24) is 0 Å². The predicted octanol–water partition coefficient (Wildman–Crippen LogP) is 3.43. The zero-order chi connectivity index (χ0) is 9.26. The largest absolute Gasteiger partial charge is 0.115 e. The Morgan fingerprint density at radius 1 is 1.08 bits per heavy atom. The Balaban J connectivity index is 2.94. The molecular weight excluding hydrogens is 271 g/mol. The standard InChI is InChI=1S/C12H7I/c1-2-10-11-6-4-3-5-9(11)7-8-12(10)13/h1,3-8H. The fourth-order valence-electron chi connectivity index (χ4n) is 1.39. The highest BCUT2D eigenvalue weighted by molar-refractivity contribution is 14.1. The summed E-state index contributed by atoms with van der Waals surface area (Å²) >= 11 is 2.27. The number of hydrogen-bond donors (Lipinski definition) is 0. The quantitative estimate of drug-likeness (QED) is 0.511. The highest BCUT2D eigenvalue weighted by Crippen LogP contribution is 2.22. The molecule has 1 heteroatoms. The number of benzene rings is 2. The molecule has 0 aliphatic carbocycles. The van der Waals surface area contributed by atoms with Gasteiger partial charge in [-0.15, -0.1) is 6.42 Å². The maximum absolute atomic E-state index is 5.46. The van der Waals surface area contributed by atoms with Gasteiger partial charge >= 0.3 is 0 Å². The Labute approximate surface area is 91.1 Å². The van der Waals surface area contributed by atoms with E-state index < -0.39 is 0 Å². The minimum Gasteiger partial charge on any atom is -0.115 e. The van der Waals surface area contributed by atoms with Gasteiger partial charge in [0.2, 0.25) is 0 Å². The van der Waals surface area contributed by atoms with Crippen molar-refractivity contribution in [3.8, 4) is 12.3 Å². The lowest BCUT2D eigenvalue weighted by atomic mass is 10.1. The van der Waals surface area contributed by atoms with Gasteiger partial charge in [0.05, 0.1) is 0 Å². The molecule has 0 saturated heterocycles. The topological polar surface area (TPSA) is 0 Å². The maximum Gasteiger partial charge on any atom is 0.0454 e. The molecule has 2 aromatic rings. The van der Waals surface area contributed by atoms with Gasteiger partial charge in [0.25, 0.3) is 0 Å². The van der Waals surface area contributed by atoms with Crippen LogP contribution in [-0.4, -0.2) is 0 Å². The Hall–Kier alpha value is -1.01. The fraction of sp³-hybridized carbons (Fsp3) is 0. The van der Waals surface area contributed by atoms with Crippen molar-refractivity contribution in [2.45, 2.75) is 0 Å². The van der Waals surface area contributed by atoms with Crippen LogP contribution in [0.15, 0.2) is 36.4 Å².